The molecule has 0 fully saturated rings. The van der Waals surface area contributed by atoms with Gasteiger partial charge in [0, 0.05) is 25.4 Å². The van der Waals surface area contributed by atoms with Gasteiger partial charge in [0.05, 0.1) is 24.7 Å². The lowest BCUT2D eigenvalue weighted by molar-refractivity contribution is 0.415. The van der Waals surface area contributed by atoms with Crippen molar-refractivity contribution in [1.29, 1.82) is 0 Å². The van der Waals surface area contributed by atoms with Crippen molar-refractivity contribution in [1.82, 2.24) is 15.0 Å². The molecule has 1 aromatic carbocycles. The van der Waals surface area contributed by atoms with E-state index in [-0.39, 0.29) is 0 Å². The fourth-order valence-corrected chi connectivity index (χ4v) is 1.63. The lowest BCUT2D eigenvalue weighted by atomic mass is 10.2. The number of rotatable bonds is 6. The molecule has 6 nitrogen and oxygen atoms in total. The highest BCUT2D eigenvalue weighted by Crippen LogP contribution is 2.24. The molecule has 2 rings (SSSR count). The van der Waals surface area contributed by atoms with Gasteiger partial charge in [-0.15, -0.1) is 5.10 Å². The van der Waals surface area contributed by atoms with E-state index in [1.165, 1.54) is 0 Å². The fraction of sp³-hybridized carbons (Fsp3) is 0.333. The van der Waals surface area contributed by atoms with Crippen LogP contribution < -0.4 is 15.8 Å². The van der Waals surface area contributed by atoms with E-state index in [0.717, 1.165) is 36.6 Å². The molecule has 6 heteroatoms. The highest BCUT2D eigenvalue weighted by Gasteiger charge is 2.00. The summed E-state index contributed by atoms with van der Waals surface area (Å²) in [4.78, 5) is 0. The number of hydrogen-bond acceptors (Lipinski definition) is 5. The number of nitrogens with zero attached hydrogens (tertiary/aromatic N) is 3. The summed E-state index contributed by atoms with van der Waals surface area (Å²) in [6, 6.07) is 5.57. The summed E-state index contributed by atoms with van der Waals surface area (Å²) in [5.74, 6) is 0.794. The van der Waals surface area contributed by atoms with Crippen LogP contribution in [0.25, 0.3) is 0 Å². The van der Waals surface area contributed by atoms with Gasteiger partial charge in [0.1, 0.15) is 5.75 Å². The molecular formula is C12H17N5O. The van der Waals surface area contributed by atoms with Gasteiger partial charge in [-0.25, -0.2) is 0 Å². The molecule has 96 valence electrons. The molecule has 0 radical (unpaired) electrons. The highest BCUT2D eigenvalue weighted by molar-refractivity contribution is 5.68. The summed E-state index contributed by atoms with van der Waals surface area (Å²) >= 11 is 0. The number of ether oxygens (including phenoxy) is 1. The molecule has 0 atom stereocenters. The zero-order chi connectivity index (χ0) is 12.8. The van der Waals surface area contributed by atoms with Gasteiger partial charge < -0.3 is 15.8 Å². The topological polar surface area (TPSA) is 78.0 Å². The third-order valence-electron chi connectivity index (χ3n) is 2.61. The third-order valence-corrected chi connectivity index (χ3v) is 2.61. The Kier molecular flexibility index (Phi) is 4.01. The predicted octanol–water partition coefficient (Wildman–Crippen LogP) is 1.37. The van der Waals surface area contributed by atoms with Gasteiger partial charge in [-0.05, 0) is 18.6 Å². The molecule has 0 aliphatic rings. The van der Waals surface area contributed by atoms with Gasteiger partial charge in [0.25, 0.3) is 0 Å². The summed E-state index contributed by atoms with van der Waals surface area (Å²) in [5.41, 5.74) is 7.49. The Labute approximate surface area is 106 Å². The van der Waals surface area contributed by atoms with Crippen molar-refractivity contribution in [2.45, 2.75) is 13.0 Å². The zero-order valence-electron chi connectivity index (χ0n) is 10.3. The number of aromatic nitrogens is 3. The first-order valence-electron chi connectivity index (χ1n) is 5.81. The first-order chi connectivity index (χ1) is 8.79. The second-order valence-electron chi connectivity index (χ2n) is 3.90. The van der Waals surface area contributed by atoms with Crippen LogP contribution in [-0.4, -0.2) is 28.6 Å². The summed E-state index contributed by atoms with van der Waals surface area (Å²) in [6.07, 6.45) is 4.47. The van der Waals surface area contributed by atoms with Gasteiger partial charge in [-0.2, -0.15) is 0 Å². The Morgan fingerprint density at radius 1 is 1.44 bits per heavy atom. The van der Waals surface area contributed by atoms with Crippen LogP contribution in [0.1, 0.15) is 6.42 Å². The van der Waals surface area contributed by atoms with Crippen molar-refractivity contribution in [3.8, 4) is 5.75 Å². The molecule has 3 N–H and O–H groups in total. The predicted molar refractivity (Wildman–Crippen MR) is 70.5 cm³/mol. The lowest BCUT2D eigenvalue weighted by Gasteiger charge is -2.10. The van der Waals surface area contributed by atoms with Crippen molar-refractivity contribution in [3.05, 3.63) is 30.6 Å². The van der Waals surface area contributed by atoms with Gasteiger partial charge in [-0.1, -0.05) is 5.21 Å². The zero-order valence-corrected chi connectivity index (χ0v) is 10.3. The normalized spacial score (nSPS) is 10.3. The van der Waals surface area contributed by atoms with Crippen LogP contribution >= 0.6 is 0 Å². The Balaban J connectivity index is 1.82. The quantitative estimate of drug-likeness (QED) is 0.595. The van der Waals surface area contributed by atoms with Crippen molar-refractivity contribution >= 4 is 11.4 Å². The van der Waals surface area contributed by atoms with E-state index in [2.05, 4.69) is 15.6 Å². The van der Waals surface area contributed by atoms with E-state index in [0.29, 0.717) is 0 Å². The second kappa shape index (κ2) is 5.90. The average molecular weight is 247 g/mol. The minimum Gasteiger partial charge on any atom is -0.497 e. The Morgan fingerprint density at radius 2 is 2.33 bits per heavy atom. The number of hydrogen-bond donors (Lipinski definition) is 2. The molecule has 1 aromatic heterocycles. The first kappa shape index (κ1) is 12.2. The SMILES string of the molecule is COc1ccc(N)c(NCCCn2ccnn2)c1. The van der Waals surface area contributed by atoms with Crippen LogP contribution in [0.4, 0.5) is 11.4 Å². The maximum Gasteiger partial charge on any atom is 0.121 e. The summed E-state index contributed by atoms with van der Waals surface area (Å²) in [5, 5.41) is 10.9. The van der Waals surface area contributed by atoms with Crippen LogP contribution in [0.15, 0.2) is 30.6 Å². The minimum atomic E-state index is 0.719. The monoisotopic (exact) mass is 247 g/mol. The molecule has 0 saturated carbocycles. The van der Waals surface area contributed by atoms with Crippen molar-refractivity contribution in [3.63, 3.8) is 0 Å². The maximum atomic E-state index is 5.88. The molecule has 2 aromatic rings. The lowest BCUT2D eigenvalue weighted by Crippen LogP contribution is -2.08. The smallest absolute Gasteiger partial charge is 0.121 e. The third kappa shape index (κ3) is 3.13. The molecule has 0 unspecified atom stereocenters. The molecule has 0 saturated heterocycles. The number of nitrogens with one attached hydrogen (secondary N) is 1. The first-order valence-corrected chi connectivity index (χ1v) is 5.81. The molecule has 0 aliphatic heterocycles. The summed E-state index contributed by atoms with van der Waals surface area (Å²) < 4.78 is 6.96. The number of nitrogens with two attached hydrogens (primary N) is 1. The molecule has 0 bridgehead atoms. The van der Waals surface area contributed by atoms with Crippen LogP contribution in [-0.2, 0) is 6.54 Å². The van der Waals surface area contributed by atoms with Crippen LogP contribution in [0, 0.1) is 0 Å². The molecular weight excluding hydrogens is 230 g/mol. The van der Waals surface area contributed by atoms with E-state index < -0.39 is 0 Å². The highest BCUT2D eigenvalue weighted by atomic mass is 16.5. The van der Waals surface area contributed by atoms with Crippen LogP contribution in [0.2, 0.25) is 0 Å². The van der Waals surface area contributed by atoms with Gasteiger partial charge in [0.15, 0.2) is 0 Å². The van der Waals surface area contributed by atoms with Gasteiger partial charge in [0.2, 0.25) is 0 Å². The Morgan fingerprint density at radius 3 is 3.06 bits per heavy atom. The van der Waals surface area contributed by atoms with E-state index in [1.807, 2.05) is 24.4 Å². The fourth-order valence-electron chi connectivity index (χ4n) is 1.63. The molecule has 0 amide bonds. The number of anilines is 2. The molecule has 1 heterocycles. The average Bonchev–Trinajstić information content (AvgIpc) is 2.89. The standard InChI is InChI=1S/C12H17N5O/c1-18-10-3-4-11(13)12(9-10)14-5-2-7-17-8-6-15-16-17/h3-4,6,8-9,14H,2,5,7,13H2,1H3. The Bertz CT molecular complexity index is 483. The minimum absolute atomic E-state index is 0.719. The van der Waals surface area contributed by atoms with Crippen LogP contribution in [0.5, 0.6) is 5.75 Å². The van der Waals surface area contributed by atoms with Crippen molar-refractivity contribution < 1.29 is 4.74 Å². The second-order valence-corrected chi connectivity index (χ2v) is 3.90. The van der Waals surface area contributed by atoms with Gasteiger partial charge in [-0.3, -0.25) is 4.68 Å². The molecule has 0 aliphatic carbocycles. The Hall–Kier alpha value is -2.24. The van der Waals surface area contributed by atoms with Crippen molar-refractivity contribution in [2.75, 3.05) is 24.7 Å². The van der Waals surface area contributed by atoms with Gasteiger partial charge >= 0.3 is 0 Å². The van der Waals surface area contributed by atoms with Crippen molar-refractivity contribution in [2.24, 2.45) is 0 Å². The molecule has 0 spiro atoms. The molecule has 18 heavy (non-hydrogen) atoms. The summed E-state index contributed by atoms with van der Waals surface area (Å²) in [6.45, 7) is 1.65. The van der Waals surface area contributed by atoms with E-state index in [9.17, 15) is 0 Å². The van der Waals surface area contributed by atoms with E-state index in [1.54, 1.807) is 18.0 Å². The number of aryl methyl sites for hydroxylation is 1. The number of benzene rings is 1. The van der Waals surface area contributed by atoms with E-state index >= 15 is 0 Å². The summed E-state index contributed by atoms with van der Waals surface area (Å²) in [7, 11) is 1.64. The van der Waals surface area contributed by atoms with E-state index in [4.69, 9.17) is 10.5 Å². The maximum absolute atomic E-state index is 5.88. The number of methoxy groups -OCH3 is 1. The largest absolute Gasteiger partial charge is 0.497 e. The number of nitrogen functional groups attached to an aromatic ring is 1. The van der Waals surface area contributed by atoms with Crippen LogP contribution in [0.3, 0.4) is 0 Å².